The predicted molar refractivity (Wildman–Crippen MR) is 53.1 cm³/mol. The highest BCUT2D eigenvalue weighted by Crippen LogP contribution is 2.14. The zero-order chi connectivity index (χ0) is 9.68. The molecule has 0 amide bonds. The van der Waals surface area contributed by atoms with E-state index in [2.05, 4.69) is 17.2 Å². The van der Waals surface area contributed by atoms with Gasteiger partial charge >= 0.3 is 0 Å². The van der Waals surface area contributed by atoms with E-state index in [1.165, 1.54) is 6.07 Å². The lowest BCUT2D eigenvalue weighted by Crippen LogP contribution is -2.00. The van der Waals surface area contributed by atoms with Crippen molar-refractivity contribution in [1.82, 2.24) is 0 Å². The lowest BCUT2D eigenvalue weighted by atomic mass is 10.2. The minimum absolute atomic E-state index is 0.224. The van der Waals surface area contributed by atoms with Crippen LogP contribution in [0.25, 0.3) is 0 Å². The Morgan fingerprint density at radius 3 is 2.85 bits per heavy atom. The second kappa shape index (κ2) is 4.51. The van der Waals surface area contributed by atoms with Gasteiger partial charge in [-0.05, 0) is 31.5 Å². The largest absolute Gasteiger partial charge is 0.372 e. The standard InChI is InChI=1S/C11H12FN/c1-3-4-7-13-11-6-5-9(2)8-10(11)12/h5-6,8,13H,7H2,1-2H3. The molecule has 0 fully saturated rings. The van der Waals surface area contributed by atoms with E-state index in [9.17, 15) is 4.39 Å². The van der Waals surface area contributed by atoms with Gasteiger partial charge in [0.1, 0.15) is 5.82 Å². The van der Waals surface area contributed by atoms with Crippen molar-refractivity contribution >= 4 is 5.69 Å². The molecule has 2 heteroatoms. The summed E-state index contributed by atoms with van der Waals surface area (Å²) in [5.41, 5.74) is 1.43. The van der Waals surface area contributed by atoms with Crippen LogP contribution in [-0.2, 0) is 0 Å². The van der Waals surface area contributed by atoms with Gasteiger partial charge in [-0.25, -0.2) is 4.39 Å². The summed E-state index contributed by atoms with van der Waals surface area (Å²) in [6, 6.07) is 5.09. The van der Waals surface area contributed by atoms with Gasteiger partial charge in [-0.1, -0.05) is 12.0 Å². The molecule has 13 heavy (non-hydrogen) atoms. The summed E-state index contributed by atoms with van der Waals surface area (Å²) in [5.74, 6) is 5.32. The van der Waals surface area contributed by atoms with Gasteiger partial charge in [0.15, 0.2) is 0 Å². The number of hydrogen-bond donors (Lipinski definition) is 1. The van der Waals surface area contributed by atoms with E-state index in [1.54, 1.807) is 13.0 Å². The summed E-state index contributed by atoms with van der Waals surface area (Å²) in [7, 11) is 0. The fourth-order valence-corrected chi connectivity index (χ4v) is 0.991. The quantitative estimate of drug-likeness (QED) is 0.684. The zero-order valence-electron chi connectivity index (χ0n) is 7.82. The van der Waals surface area contributed by atoms with Gasteiger partial charge in [0.25, 0.3) is 0 Å². The van der Waals surface area contributed by atoms with E-state index in [4.69, 9.17) is 0 Å². The summed E-state index contributed by atoms with van der Waals surface area (Å²) < 4.78 is 13.2. The van der Waals surface area contributed by atoms with Crippen LogP contribution in [0.15, 0.2) is 18.2 Å². The molecule has 1 rings (SSSR count). The molecule has 1 N–H and O–H groups in total. The second-order valence-electron chi connectivity index (χ2n) is 2.76. The van der Waals surface area contributed by atoms with Crippen LogP contribution in [0, 0.1) is 24.6 Å². The van der Waals surface area contributed by atoms with Crippen LogP contribution >= 0.6 is 0 Å². The van der Waals surface area contributed by atoms with Crippen LogP contribution in [0.4, 0.5) is 10.1 Å². The van der Waals surface area contributed by atoms with Crippen molar-refractivity contribution < 1.29 is 4.39 Å². The summed E-state index contributed by atoms with van der Waals surface area (Å²) in [6.45, 7) is 4.10. The number of aryl methyl sites for hydroxylation is 1. The van der Waals surface area contributed by atoms with Gasteiger partial charge in [0.05, 0.1) is 12.2 Å². The average molecular weight is 177 g/mol. The first-order chi connectivity index (χ1) is 6.24. The first kappa shape index (κ1) is 9.60. The number of halogens is 1. The Hall–Kier alpha value is -1.49. The predicted octanol–water partition coefficient (Wildman–Crippen LogP) is 2.57. The molecule has 0 unspecified atom stereocenters. The van der Waals surface area contributed by atoms with Crippen LogP contribution < -0.4 is 5.32 Å². The molecule has 68 valence electrons. The maximum atomic E-state index is 13.2. The molecule has 0 radical (unpaired) electrons. The molecule has 0 aliphatic rings. The number of hydrogen-bond acceptors (Lipinski definition) is 1. The third-order valence-corrected chi connectivity index (χ3v) is 1.67. The first-order valence-corrected chi connectivity index (χ1v) is 4.13. The van der Waals surface area contributed by atoms with Crippen molar-refractivity contribution in [1.29, 1.82) is 0 Å². The SMILES string of the molecule is CC#CCNc1ccc(C)cc1F. The minimum atomic E-state index is -0.224. The van der Waals surface area contributed by atoms with E-state index in [0.717, 1.165) is 5.56 Å². The highest BCUT2D eigenvalue weighted by atomic mass is 19.1. The van der Waals surface area contributed by atoms with Crippen molar-refractivity contribution in [2.45, 2.75) is 13.8 Å². The molecule has 1 aromatic carbocycles. The van der Waals surface area contributed by atoms with E-state index in [-0.39, 0.29) is 5.82 Å². The normalized spacial score (nSPS) is 8.85. The van der Waals surface area contributed by atoms with Crippen molar-refractivity contribution in [3.63, 3.8) is 0 Å². The Balaban J connectivity index is 2.70. The fraction of sp³-hybridized carbons (Fsp3) is 0.273. The molecule has 0 aromatic heterocycles. The lowest BCUT2D eigenvalue weighted by molar-refractivity contribution is 0.630. The summed E-state index contributed by atoms with van der Waals surface area (Å²) in [6.07, 6.45) is 0. The Morgan fingerprint density at radius 1 is 1.46 bits per heavy atom. The summed E-state index contributed by atoms with van der Waals surface area (Å²) in [5, 5.41) is 2.89. The molecule has 0 aliphatic carbocycles. The number of nitrogens with one attached hydrogen (secondary N) is 1. The highest BCUT2D eigenvalue weighted by molar-refractivity contribution is 5.46. The van der Waals surface area contributed by atoms with Crippen molar-refractivity contribution in [2.24, 2.45) is 0 Å². The second-order valence-corrected chi connectivity index (χ2v) is 2.76. The average Bonchev–Trinajstić information content (AvgIpc) is 2.09. The fourth-order valence-electron chi connectivity index (χ4n) is 0.991. The molecular formula is C11H12FN. The molecule has 0 spiro atoms. The van der Waals surface area contributed by atoms with Crippen molar-refractivity contribution in [3.05, 3.63) is 29.6 Å². The zero-order valence-corrected chi connectivity index (χ0v) is 7.82. The highest BCUT2D eigenvalue weighted by Gasteiger charge is 1.99. The summed E-state index contributed by atoms with van der Waals surface area (Å²) >= 11 is 0. The number of rotatable bonds is 2. The maximum absolute atomic E-state index is 13.2. The van der Waals surface area contributed by atoms with Crippen LogP contribution in [0.1, 0.15) is 12.5 Å². The molecule has 1 aromatic rings. The topological polar surface area (TPSA) is 12.0 Å². The van der Waals surface area contributed by atoms with Gasteiger partial charge in [-0.2, -0.15) is 0 Å². The van der Waals surface area contributed by atoms with E-state index in [1.807, 2.05) is 13.0 Å². The third kappa shape index (κ3) is 2.79. The van der Waals surface area contributed by atoms with Crippen LogP contribution in [0.2, 0.25) is 0 Å². The van der Waals surface area contributed by atoms with Gasteiger partial charge in [-0.3, -0.25) is 0 Å². The van der Waals surface area contributed by atoms with E-state index >= 15 is 0 Å². The van der Waals surface area contributed by atoms with Crippen LogP contribution in [-0.4, -0.2) is 6.54 Å². The molecule has 0 saturated carbocycles. The molecule has 1 nitrogen and oxygen atoms in total. The maximum Gasteiger partial charge on any atom is 0.146 e. The van der Waals surface area contributed by atoms with Crippen molar-refractivity contribution in [2.75, 3.05) is 11.9 Å². The van der Waals surface area contributed by atoms with Crippen molar-refractivity contribution in [3.8, 4) is 11.8 Å². The van der Waals surface area contributed by atoms with E-state index < -0.39 is 0 Å². The Labute approximate surface area is 78.0 Å². The smallest absolute Gasteiger partial charge is 0.146 e. The van der Waals surface area contributed by atoms with Crippen LogP contribution in [0.5, 0.6) is 0 Å². The number of benzene rings is 1. The minimum Gasteiger partial charge on any atom is -0.372 e. The Morgan fingerprint density at radius 2 is 2.23 bits per heavy atom. The summed E-state index contributed by atoms with van der Waals surface area (Å²) in [4.78, 5) is 0. The van der Waals surface area contributed by atoms with Gasteiger partial charge in [0, 0.05) is 0 Å². The first-order valence-electron chi connectivity index (χ1n) is 4.13. The Kier molecular flexibility index (Phi) is 3.33. The van der Waals surface area contributed by atoms with E-state index in [0.29, 0.717) is 12.2 Å². The van der Waals surface area contributed by atoms with Gasteiger partial charge < -0.3 is 5.32 Å². The molecule has 0 heterocycles. The number of anilines is 1. The van der Waals surface area contributed by atoms with Gasteiger partial charge in [-0.15, -0.1) is 5.92 Å². The molecule has 0 bridgehead atoms. The van der Waals surface area contributed by atoms with Gasteiger partial charge in [0.2, 0.25) is 0 Å². The lowest BCUT2D eigenvalue weighted by Gasteiger charge is -2.04. The Bertz CT molecular complexity index is 347. The molecule has 0 atom stereocenters. The third-order valence-electron chi connectivity index (χ3n) is 1.67. The van der Waals surface area contributed by atoms with Crippen LogP contribution in [0.3, 0.4) is 0 Å². The molecular weight excluding hydrogens is 165 g/mol. The molecule has 0 saturated heterocycles. The monoisotopic (exact) mass is 177 g/mol. The molecule has 0 aliphatic heterocycles.